The van der Waals surface area contributed by atoms with Crippen LogP contribution >= 0.6 is 11.8 Å². The van der Waals surface area contributed by atoms with Crippen molar-refractivity contribution in [1.82, 2.24) is 10.3 Å². The van der Waals surface area contributed by atoms with E-state index in [2.05, 4.69) is 15.6 Å². The molecule has 1 aromatic heterocycles. The van der Waals surface area contributed by atoms with Crippen molar-refractivity contribution in [2.75, 3.05) is 5.32 Å². The maximum absolute atomic E-state index is 12.7. The molecule has 0 fully saturated rings. The number of carbonyl (C=O) groups is 2. The van der Waals surface area contributed by atoms with Crippen LogP contribution in [0.15, 0.2) is 78.0 Å². The lowest BCUT2D eigenvalue weighted by Crippen LogP contribution is -2.27. The van der Waals surface area contributed by atoms with Gasteiger partial charge in [0.2, 0.25) is 5.91 Å². The Labute approximate surface area is 175 Å². The fraction of sp³-hybridized carbons (Fsp3) is 0.174. The second-order valence-corrected chi connectivity index (χ2v) is 8.07. The molecule has 1 heterocycles. The molecule has 0 aliphatic carbocycles. The molecule has 148 valence electrons. The SMILES string of the molecule is Cc1ccc(S[C@@H](C)C(=O)Nc2ccccc2C(=O)NCc2cccnc2)cc1. The minimum absolute atomic E-state index is 0.150. The van der Waals surface area contributed by atoms with Crippen LogP contribution in [-0.4, -0.2) is 22.0 Å². The highest BCUT2D eigenvalue weighted by Gasteiger charge is 2.18. The summed E-state index contributed by atoms with van der Waals surface area (Å²) in [5.74, 6) is -0.397. The van der Waals surface area contributed by atoms with Crippen LogP contribution in [0.2, 0.25) is 0 Å². The Morgan fingerprint density at radius 3 is 2.52 bits per heavy atom. The predicted molar refractivity (Wildman–Crippen MR) is 117 cm³/mol. The van der Waals surface area contributed by atoms with E-state index in [4.69, 9.17) is 0 Å². The van der Waals surface area contributed by atoms with Crippen molar-refractivity contribution in [3.8, 4) is 0 Å². The second-order valence-electron chi connectivity index (χ2n) is 6.65. The Kier molecular flexibility index (Phi) is 7.03. The second kappa shape index (κ2) is 9.89. The van der Waals surface area contributed by atoms with Crippen LogP contribution in [0.1, 0.15) is 28.4 Å². The normalized spacial score (nSPS) is 11.5. The number of rotatable bonds is 7. The number of thioether (sulfide) groups is 1. The summed E-state index contributed by atoms with van der Waals surface area (Å²) in [6.07, 6.45) is 3.39. The number of para-hydroxylation sites is 1. The van der Waals surface area contributed by atoms with Crippen LogP contribution in [0.5, 0.6) is 0 Å². The molecule has 0 saturated heterocycles. The fourth-order valence-corrected chi connectivity index (χ4v) is 3.55. The molecule has 0 saturated carbocycles. The summed E-state index contributed by atoms with van der Waals surface area (Å²) in [6.45, 7) is 4.25. The van der Waals surface area contributed by atoms with Gasteiger partial charge in [0.15, 0.2) is 0 Å². The van der Waals surface area contributed by atoms with Crippen molar-refractivity contribution >= 4 is 29.3 Å². The van der Waals surface area contributed by atoms with Crippen LogP contribution in [0.4, 0.5) is 5.69 Å². The molecular weight excluding hydrogens is 382 g/mol. The lowest BCUT2D eigenvalue weighted by atomic mass is 10.1. The maximum atomic E-state index is 12.7. The Morgan fingerprint density at radius 2 is 1.79 bits per heavy atom. The first kappa shape index (κ1) is 20.6. The summed E-state index contributed by atoms with van der Waals surface area (Å²) in [4.78, 5) is 30.4. The van der Waals surface area contributed by atoms with E-state index in [1.807, 2.05) is 50.2 Å². The summed E-state index contributed by atoms with van der Waals surface area (Å²) in [5, 5.41) is 5.45. The number of nitrogens with zero attached hydrogens (tertiary/aromatic N) is 1. The summed E-state index contributed by atoms with van der Waals surface area (Å²) < 4.78 is 0. The average molecular weight is 406 g/mol. The molecule has 2 aromatic carbocycles. The van der Waals surface area contributed by atoms with Gasteiger partial charge < -0.3 is 10.6 Å². The molecule has 0 bridgehead atoms. The van der Waals surface area contributed by atoms with E-state index < -0.39 is 0 Å². The maximum Gasteiger partial charge on any atom is 0.253 e. The minimum atomic E-state index is -0.302. The van der Waals surface area contributed by atoms with Gasteiger partial charge in [0.05, 0.1) is 16.5 Å². The van der Waals surface area contributed by atoms with E-state index in [9.17, 15) is 9.59 Å². The molecule has 0 radical (unpaired) electrons. The molecule has 3 aromatic rings. The van der Waals surface area contributed by atoms with Gasteiger partial charge in [0.1, 0.15) is 0 Å². The van der Waals surface area contributed by atoms with E-state index >= 15 is 0 Å². The van der Waals surface area contributed by atoms with Crippen LogP contribution in [0.25, 0.3) is 0 Å². The van der Waals surface area contributed by atoms with Crippen molar-refractivity contribution in [2.45, 2.75) is 30.5 Å². The highest BCUT2D eigenvalue weighted by molar-refractivity contribution is 8.00. The number of carbonyl (C=O) groups excluding carboxylic acids is 2. The summed E-state index contributed by atoms with van der Waals surface area (Å²) >= 11 is 1.48. The zero-order valence-electron chi connectivity index (χ0n) is 16.4. The number of hydrogen-bond acceptors (Lipinski definition) is 4. The highest BCUT2D eigenvalue weighted by atomic mass is 32.2. The quantitative estimate of drug-likeness (QED) is 0.570. The van der Waals surface area contributed by atoms with Gasteiger partial charge in [0, 0.05) is 23.8 Å². The lowest BCUT2D eigenvalue weighted by Gasteiger charge is -2.15. The third kappa shape index (κ3) is 5.93. The van der Waals surface area contributed by atoms with Gasteiger partial charge in [-0.25, -0.2) is 0 Å². The Morgan fingerprint density at radius 1 is 1.03 bits per heavy atom. The molecule has 2 amide bonds. The molecule has 0 aliphatic rings. The zero-order chi connectivity index (χ0) is 20.6. The van der Waals surface area contributed by atoms with Gasteiger partial charge in [-0.15, -0.1) is 11.8 Å². The highest BCUT2D eigenvalue weighted by Crippen LogP contribution is 2.25. The van der Waals surface area contributed by atoms with E-state index in [0.717, 1.165) is 10.5 Å². The van der Waals surface area contributed by atoms with E-state index in [0.29, 0.717) is 17.8 Å². The van der Waals surface area contributed by atoms with Crippen LogP contribution < -0.4 is 10.6 Å². The molecule has 6 heteroatoms. The molecule has 1 atom stereocenters. The van der Waals surface area contributed by atoms with Crippen molar-refractivity contribution in [1.29, 1.82) is 0 Å². The van der Waals surface area contributed by atoms with E-state index in [1.54, 1.807) is 36.7 Å². The van der Waals surface area contributed by atoms with Crippen LogP contribution in [0, 0.1) is 6.92 Å². The van der Waals surface area contributed by atoms with Crippen molar-refractivity contribution < 1.29 is 9.59 Å². The van der Waals surface area contributed by atoms with Gasteiger partial charge in [-0.1, -0.05) is 35.9 Å². The number of amides is 2. The first-order valence-electron chi connectivity index (χ1n) is 9.33. The first-order chi connectivity index (χ1) is 14.0. The Bertz CT molecular complexity index is 975. The van der Waals surface area contributed by atoms with Crippen LogP contribution in [-0.2, 0) is 11.3 Å². The third-order valence-electron chi connectivity index (χ3n) is 4.31. The summed E-state index contributed by atoms with van der Waals surface area (Å²) in [6, 6.07) is 18.8. The standard InChI is InChI=1S/C23H23N3O2S/c1-16-9-11-19(12-10-16)29-17(2)22(27)26-21-8-4-3-7-20(21)23(28)25-15-18-6-5-13-24-14-18/h3-14,17H,15H2,1-2H3,(H,25,28)(H,26,27)/t17-/m0/s1. The molecule has 29 heavy (non-hydrogen) atoms. The van der Waals surface area contributed by atoms with Crippen LogP contribution in [0.3, 0.4) is 0 Å². The number of anilines is 1. The monoisotopic (exact) mass is 405 g/mol. The zero-order valence-corrected chi connectivity index (χ0v) is 17.2. The largest absolute Gasteiger partial charge is 0.348 e. The molecule has 3 rings (SSSR count). The molecular formula is C23H23N3O2S. The topological polar surface area (TPSA) is 71.1 Å². The molecule has 0 spiro atoms. The number of benzene rings is 2. The van der Waals surface area contributed by atoms with Crippen molar-refractivity contribution in [2.24, 2.45) is 0 Å². The Hall–Kier alpha value is -3.12. The minimum Gasteiger partial charge on any atom is -0.348 e. The number of pyridine rings is 1. The smallest absolute Gasteiger partial charge is 0.253 e. The molecule has 0 aliphatic heterocycles. The van der Waals surface area contributed by atoms with Gasteiger partial charge in [-0.3, -0.25) is 14.6 Å². The number of nitrogens with one attached hydrogen (secondary N) is 2. The van der Waals surface area contributed by atoms with Gasteiger partial charge in [0.25, 0.3) is 5.91 Å². The Balaban J connectivity index is 1.63. The first-order valence-corrected chi connectivity index (χ1v) is 10.2. The van der Waals surface area contributed by atoms with Gasteiger partial charge >= 0.3 is 0 Å². The fourth-order valence-electron chi connectivity index (χ4n) is 2.68. The third-order valence-corrected chi connectivity index (χ3v) is 5.42. The van der Waals surface area contributed by atoms with Crippen molar-refractivity contribution in [3.63, 3.8) is 0 Å². The molecule has 0 unspecified atom stereocenters. The lowest BCUT2D eigenvalue weighted by molar-refractivity contribution is -0.115. The molecule has 2 N–H and O–H groups in total. The average Bonchev–Trinajstić information content (AvgIpc) is 2.74. The van der Waals surface area contributed by atoms with Gasteiger partial charge in [-0.05, 0) is 49.7 Å². The number of aromatic nitrogens is 1. The van der Waals surface area contributed by atoms with E-state index in [1.165, 1.54) is 17.3 Å². The summed E-state index contributed by atoms with van der Waals surface area (Å²) in [5.41, 5.74) is 3.01. The molecule has 5 nitrogen and oxygen atoms in total. The van der Waals surface area contributed by atoms with Crippen molar-refractivity contribution in [3.05, 3.63) is 89.7 Å². The predicted octanol–water partition coefficient (Wildman–Crippen LogP) is 4.44. The van der Waals surface area contributed by atoms with E-state index in [-0.39, 0.29) is 17.1 Å². The number of hydrogen-bond donors (Lipinski definition) is 2. The summed E-state index contributed by atoms with van der Waals surface area (Å²) in [7, 11) is 0. The van der Waals surface area contributed by atoms with Gasteiger partial charge in [-0.2, -0.15) is 0 Å². The number of aryl methyl sites for hydroxylation is 1.